The second-order valence-corrected chi connectivity index (χ2v) is 9.16. The second kappa shape index (κ2) is 8.06. The van der Waals surface area contributed by atoms with E-state index in [9.17, 15) is 13.2 Å². The van der Waals surface area contributed by atoms with Crippen LogP contribution < -0.4 is 4.72 Å². The average Bonchev–Trinajstić information content (AvgIpc) is 3.27. The van der Waals surface area contributed by atoms with Gasteiger partial charge in [0.15, 0.2) is 0 Å². The number of nitrogens with zero attached hydrogens (tertiary/aromatic N) is 1. The first-order chi connectivity index (χ1) is 12.4. The zero-order valence-electron chi connectivity index (χ0n) is 15.5. The lowest BCUT2D eigenvalue weighted by Gasteiger charge is -2.25. The smallest absolute Gasteiger partial charge is 0.240 e. The van der Waals surface area contributed by atoms with Crippen LogP contribution >= 0.6 is 0 Å². The fourth-order valence-electron chi connectivity index (χ4n) is 3.46. The zero-order chi connectivity index (χ0) is 18.7. The van der Waals surface area contributed by atoms with Gasteiger partial charge in [0.05, 0.1) is 11.5 Å². The Balaban J connectivity index is 1.54. The zero-order valence-corrected chi connectivity index (χ0v) is 16.3. The molecule has 3 rings (SSSR count). The molecule has 144 valence electrons. The molecule has 1 saturated heterocycles. The summed E-state index contributed by atoms with van der Waals surface area (Å²) in [6.07, 6.45) is 3.28. The van der Waals surface area contributed by atoms with Gasteiger partial charge in [0.2, 0.25) is 15.9 Å². The molecule has 2 fully saturated rings. The van der Waals surface area contributed by atoms with Gasteiger partial charge in [0, 0.05) is 38.1 Å². The van der Waals surface area contributed by atoms with Gasteiger partial charge in [-0.2, -0.15) is 0 Å². The minimum Gasteiger partial charge on any atom is -0.381 e. The number of rotatable bonds is 8. The van der Waals surface area contributed by atoms with Crippen LogP contribution in [0, 0.1) is 19.8 Å². The molecule has 26 heavy (non-hydrogen) atoms. The van der Waals surface area contributed by atoms with Gasteiger partial charge in [-0.25, -0.2) is 13.1 Å². The van der Waals surface area contributed by atoms with Crippen molar-refractivity contribution in [3.63, 3.8) is 0 Å². The van der Waals surface area contributed by atoms with E-state index in [1.807, 2.05) is 17.9 Å². The molecule has 0 bridgehead atoms. The minimum atomic E-state index is -3.60. The summed E-state index contributed by atoms with van der Waals surface area (Å²) < 4.78 is 33.0. The first-order valence-corrected chi connectivity index (χ1v) is 10.8. The van der Waals surface area contributed by atoms with Crippen LogP contribution in [0.5, 0.6) is 0 Å². The number of amides is 1. The van der Waals surface area contributed by atoms with Gasteiger partial charge >= 0.3 is 0 Å². The third-order valence-corrected chi connectivity index (χ3v) is 6.66. The van der Waals surface area contributed by atoms with Crippen LogP contribution in [0.2, 0.25) is 0 Å². The molecule has 1 aromatic carbocycles. The fraction of sp³-hybridized carbons (Fsp3) is 0.632. The van der Waals surface area contributed by atoms with Gasteiger partial charge < -0.3 is 9.64 Å². The van der Waals surface area contributed by atoms with Crippen LogP contribution in [-0.2, 0) is 19.6 Å². The average molecular weight is 381 g/mol. The standard InChI is InChI=1S/C19H28N2O4S/c1-14-3-6-18(15(2)11-14)26(23,24)20-9-7-19(22)21(17-4-5-17)12-16-8-10-25-13-16/h3,6,11,16-17,20H,4-5,7-10,12-13H2,1-2H3. The highest BCUT2D eigenvalue weighted by Gasteiger charge is 2.34. The number of carbonyl (C=O) groups excluding carboxylic acids is 1. The van der Waals surface area contributed by atoms with Crippen molar-refractivity contribution in [3.8, 4) is 0 Å². The van der Waals surface area contributed by atoms with Crippen LogP contribution in [0.4, 0.5) is 0 Å². The molecule has 1 amide bonds. The Kier molecular flexibility index (Phi) is 5.99. The highest BCUT2D eigenvalue weighted by Crippen LogP contribution is 2.29. The predicted molar refractivity (Wildman–Crippen MR) is 99.4 cm³/mol. The Morgan fingerprint density at radius 3 is 2.65 bits per heavy atom. The molecule has 1 N–H and O–H groups in total. The summed E-state index contributed by atoms with van der Waals surface area (Å²) in [5.74, 6) is 0.439. The summed E-state index contributed by atoms with van der Waals surface area (Å²) >= 11 is 0. The molecule has 1 unspecified atom stereocenters. The summed E-state index contributed by atoms with van der Waals surface area (Å²) in [6.45, 7) is 6.05. The monoisotopic (exact) mass is 380 g/mol. The summed E-state index contributed by atoms with van der Waals surface area (Å²) in [4.78, 5) is 14.8. The van der Waals surface area contributed by atoms with Gasteiger partial charge in [-0.15, -0.1) is 0 Å². The summed E-state index contributed by atoms with van der Waals surface area (Å²) in [5.41, 5.74) is 1.73. The molecule has 0 spiro atoms. The van der Waals surface area contributed by atoms with E-state index in [-0.39, 0.29) is 23.8 Å². The lowest BCUT2D eigenvalue weighted by atomic mass is 10.1. The van der Waals surface area contributed by atoms with Crippen molar-refractivity contribution in [2.75, 3.05) is 26.3 Å². The van der Waals surface area contributed by atoms with E-state index < -0.39 is 10.0 Å². The molecule has 1 heterocycles. The van der Waals surface area contributed by atoms with Crippen molar-refractivity contribution in [3.05, 3.63) is 29.3 Å². The molecule has 1 aliphatic carbocycles. The van der Waals surface area contributed by atoms with Crippen LogP contribution in [-0.4, -0.2) is 51.6 Å². The van der Waals surface area contributed by atoms with Crippen molar-refractivity contribution in [2.24, 2.45) is 5.92 Å². The van der Waals surface area contributed by atoms with Crippen LogP contribution in [0.15, 0.2) is 23.1 Å². The number of nitrogens with one attached hydrogen (secondary N) is 1. The largest absolute Gasteiger partial charge is 0.381 e. The third-order valence-electron chi connectivity index (χ3n) is 5.04. The van der Waals surface area contributed by atoms with Gasteiger partial charge in [0.1, 0.15) is 0 Å². The van der Waals surface area contributed by atoms with Gasteiger partial charge in [0.25, 0.3) is 0 Å². The van der Waals surface area contributed by atoms with Gasteiger partial charge in [-0.3, -0.25) is 4.79 Å². The van der Waals surface area contributed by atoms with E-state index in [4.69, 9.17) is 4.74 Å². The molecule has 0 radical (unpaired) electrons. The molecule has 1 atom stereocenters. The van der Waals surface area contributed by atoms with E-state index >= 15 is 0 Å². The quantitative estimate of drug-likeness (QED) is 0.748. The first kappa shape index (κ1) is 19.3. The molecular weight excluding hydrogens is 352 g/mol. The fourth-order valence-corrected chi connectivity index (χ4v) is 4.72. The highest BCUT2D eigenvalue weighted by molar-refractivity contribution is 7.89. The van der Waals surface area contributed by atoms with E-state index in [0.29, 0.717) is 17.5 Å². The summed E-state index contributed by atoms with van der Waals surface area (Å²) in [7, 11) is -3.60. The highest BCUT2D eigenvalue weighted by atomic mass is 32.2. The lowest BCUT2D eigenvalue weighted by molar-refractivity contribution is -0.132. The van der Waals surface area contributed by atoms with E-state index in [1.54, 1.807) is 19.1 Å². The maximum absolute atomic E-state index is 12.6. The number of aryl methyl sites for hydroxylation is 2. The minimum absolute atomic E-state index is 0.0303. The Labute approximate surface area is 156 Å². The summed E-state index contributed by atoms with van der Waals surface area (Å²) in [5, 5.41) is 0. The molecule has 1 saturated carbocycles. The summed E-state index contributed by atoms with van der Waals surface area (Å²) in [6, 6.07) is 5.58. The van der Waals surface area contributed by atoms with Crippen LogP contribution in [0.3, 0.4) is 0 Å². The van der Waals surface area contributed by atoms with Crippen LogP contribution in [0.1, 0.15) is 36.8 Å². The van der Waals surface area contributed by atoms with Gasteiger partial charge in [-0.05, 0) is 44.7 Å². The molecule has 1 aliphatic heterocycles. The van der Waals surface area contributed by atoms with Crippen molar-refractivity contribution in [1.29, 1.82) is 0 Å². The van der Waals surface area contributed by atoms with E-state index in [0.717, 1.165) is 44.6 Å². The molecule has 7 heteroatoms. The van der Waals surface area contributed by atoms with Crippen molar-refractivity contribution in [1.82, 2.24) is 9.62 Å². The van der Waals surface area contributed by atoms with Crippen molar-refractivity contribution >= 4 is 15.9 Å². The topological polar surface area (TPSA) is 75.7 Å². The molecule has 0 aromatic heterocycles. The Morgan fingerprint density at radius 2 is 2.04 bits per heavy atom. The SMILES string of the molecule is Cc1ccc(S(=O)(=O)NCCC(=O)N(CC2CCOC2)C2CC2)c(C)c1. The first-order valence-electron chi connectivity index (χ1n) is 9.31. The van der Waals surface area contributed by atoms with Crippen molar-refractivity contribution < 1.29 is 17.9 Å². The molecule has 2 aliphatic rings. The van der Waals surface area contributed by atoms with Crippen molar-refractivity contribution in [2.45, 2.75) is 50.5 Å². The number of hydrogen-bond acceptors (Lipinski definition) is 4. The number of benzene rings is 1. The van der Waals surface area contributed by atoms with E-state index in [2.05, 4.69) is 4.72 Å². The Morgan fingerprint density at radius 1 is 1.27 bits per heavy atom. The van der Waals surface area contributed by atoms with E-state index in [1.165, 1.54) is 0 Å². The molecule has 1 aromatic rings. The number of sulfonamides is 1. The molecule has 6 nitrogen and oxygen atoms in total. The van der Waals surface area contributed by atoms with Crippen LogP contribution in [0.25, 0.3) is 0 Å². The third kappa shape index (κ3) is 4.84. The molecular formula is C19H28N2O4S. The number of carbonyl (C=O) groups is 1. The maximum atomic E-state index is 12.6. The normalized spacial score (nSPS) is 20.3. The second-order valence-electron chi connectivity index (χ2n) is 7.42. The number of ether oxygens (including phenoxy) is 1. The predicted octanol–water partition coefficient (Wildman–Crippen LogP) is 2.00. The maximum Gasteiger partial charge on any atom is 0.240 e. The Hall–Kier alpha value is -1.44. The van der Waals surface area contributed by atoms with Gasteiger partial charge in [-0.1, -0.05) is 17.7 Å². The Bertz CT molecular complexity index is 753. The number of hydrogen-bond donors (Lipinski definition) is 1. The lowest BCUT2D eigenvalue weighted by Crippen LogP contribution is -2.39.